The Bertz CT molecular complexity index is 366. The van der Waals surface area contributed by atoms with Crippen molar-refractivity contribution in [3.63, 3.8) is 0 Å². The molecule has 2 N–H and O–H groups in total. The highest BCUT2D eigenvalue weighted by molar-refractivity contribution is 9.10. The summed E-state index contributed by atoms with van der Waals surface area (Å²) in [6, 6.07) is 5.35. The molecule has 0 amide bonds. The molecule has 1 aromatic rings. The van der Waals surface area contributed by atoms with E-state index in [1.165, 1.54) is 7.11 Å². The number of esters is 1. The van der Waals surface area contributed by atoms with Gasteiger partial charge in [-0.05, 0) is 25.0 Å². The summed E-state index contributed by atoms with van der Waals surface area (Å²) in [6.45, 7) is 2.00. The molecule has 0 aromatic heterocycles. The van der Waals surface area contributed by atoms with Gasteiger partial charge in [0.25, 0.3) is 0 Å². The third kappa shape index (κ3) is 3.32. The van der Waals surface area contributed by atoms with E-state index in [1.807, 2.05) is 25.1 Å². The lowest BCUT2D eigenvalue weighted by atomic mass is 10.0. The van der Waals surface area contributed by atoms with E-state index >= 15 is 0 Å². The average molecular weight is 272 g/mol. The van der Waals surface area contributed by atoms with Gasteiger partial charge < -0.3 is 10.5 Å². The number of benzene rings is 1. The first-order valence-corrected chi connectivity index (χ1v) is 5.42. The zero-order chi connectivity index (χ0) is 11.4. The van der Waals surface area contributed by atoms with Crippen LogP contribution in [0.2, 0.25) is 0 Å². The molecule has 0 fully saturated rings. The van der Waals surface area contributed by atoms with Crippen LogP contribution in [0.15, 0.2) is 22.7 Å². The fourth-order valence-corrected chi connectivity index (χ4v) is 1.74. The normalized spacial score (nSPS) is 12.3. The van der Waals surface area contributed by atoms with E-state index in [9.17, 15) is 4.79 Å². The maximum atomic E-state index is 11.1. The zero-order valence-corrected chi connectivity index (χ0v) is 10.4. The molecule has 82 valence electrons. The second-order valence-electron chi connectivity index (χ2n) is 3.43. The van der Waals surface area contributed by atoms with Crippen molar-refractivity contribution in [3.8, 4) is 0 Å². The van der Waals surface area contributed by atoms with E-state index in [2.05, 4.69) is 20.7 Å². The van der Waals surface area contributed by atoms with Gasteiger partial charge in [0.15, 0.2) is 0 Å². The van der Waals surface area contributed by atoms with E-state index in [1.54, 1.807) is 0 Å². The number of halogens is 1. The van der Waals surface area contributed by atoms with Gasteiger partial charge in [-0.3, -0.25) is 4.79 Å². The number of hydrogen-bond acceptors (Lipinski definition) is 3. The summed E-state index contributed by atoms with van der Waals surface area (Å²) in [7, 11) is 1.34. The fourth-order valence-electron chi connectivity index (χ4n) is 1.33. The van der Waals surface area contributed by atoms with E-state index in [0.29, 0.717) is 6.42 Å². The summed E-state index contributed by atoms with van der Waals surface area (Å²) in [6.07, 6.45) is 0.481. The molecule has 0 bridgehead atoms. The quantitative estimate of drug-likeness (QED) is 0.854. The predicted molar refractivity (Wildman–Crippen MR) is 62.6 cm³/mol. The first-order valence-electron chi connectivity index (χ1n) is 4.63. The summed E-state index contributed by atoms with van der Waals surface area (Å²) in [5.74, 6) is -0.386. The molecular weight excluding hydrogens is 258 g/mol. The van der Waals surface area contributed by atoms with Crippen LogP contribution in [0.25, 0.3) is 0 Å². The van der Waals surface area contributed by atoms with Crippen molar-refractivity contribution in [2.45, 2.75) is 19.4 Å². The van der Waals surface area contributed by atoms with E-state index < -0.39 is 6.04 Å². The fraction of sp³-hybridized carbons (Fsp3) is 0.364. The van der Waals surface area contributed by atoms with Crippen LogP contribution in [0.5, 0.6) is 0 Å². The molecule has 4 heteroatoms. The highest BCUT2D eigenvalue weighted by Gasteiger charge is 2.15. The monoisotopic (exact) mass is 271 g/mol. The van der Waals surface area contributed by atoms with Crippen LogP contribution in [0.4, 0.5) is 0 Å². The van der Waals surface area contributed by atoms with Crippen molar-refractivity contribution in [3.05, 3.63) is 33.8 Å². The number of rotatable bonds is 3. The number of nitrogens with two attached hydrogens (primary N) is 1. The van der Waals surface area contributed by atoms with Crippen molar-refractivity contribution in [1.29, 1.82) is 0 Å². The van der Waals surface area contributed by atoms with Crippen LogP contribution in [-0.4, -0.2) is 19.1 Å². The molecule has 0 spiro atoms. The van der Waals surface area contributed by atoms with Gasteiger partial charge in [0.1, 0.15) is 6.04 Å². The summed E-state index contributed by atoms with van der Waals surface area (Å²) >= 11 is 3.42. The number of aryl methyl sites for hydroxylation is 1. The number of ether oxygens (including phenoxy) is 1. The minimum atomic E-state index is -0.604. The second kappa shape index (κ2) is 5.28. The van der Waals surface area contributed by atoms with Crippen LogP contribution >= 0.6 is 15.9 Å². The van der Waals surface area contributed by atoms with Crippen LogP contribution in [0, 0.1) is 6.92 Å². The van der Waals surface area contributed by atoms with Gasteiger partial charge in [0.2, 0.25) is 0 Å². The maximum absolute atomic E-state index is 11.1. The molecule has 3 nitrogen and oxygen atoms in total. The maximum Gasteiger partial charge on any atom is 0.322 e. The molecule has 0 saturated carbocycles. The smallest absolute Gasteiger partial charge is 0.322 e. The number of carbonyl (C=O) groups excluding carboxylic acids is 1. The van der Waals surface area contributed by atoms with E-state index in [0.717, 1.165) is 15.6 Å². The molecule has 0 heterocycles. The van der Waals surface area contributed by atoms with Gasteiger partial charge in [-0.25, -0.2) is 0 Å². The highest BCUT2D eigenvalue weighted by atomic mass is 79.9. The Kier molecular flexibility index (Phi) is 4.29. The third-order valence-electron chi connectivity index (χ3n) is 2.14. The molecular formula is C11H14BrNO2. The van der Waals surface area contributed by atoms with Gasteiger partial charge in [-0.2, -0.15) is 0 Å². The van der Waals surface area contributed by atoms with Crippen molar-refractivity contribution in [2.24, 2.45) is 5.73 Å². The summed E-state index contributed by atoms with van der Waals surface area (Å²) < 4.78 is 5.54. The SMILES string of the molecule is COC(=O)C(N)Cc1cc(C)ccc1Br. The molecule has 0 aliphatic rings. The van der Waals surface area contributed by atoms with Gasteiger partial charge >= 0.3 is 5.97 Å². The Morgan fingerprint density at radius 3 is 2.87 bits per heavy atom. The zero-order valence-electron chi connectivity index (χ0n) is 8.79. The first kappa shape index (κ1) is 12.2. The van der Waals surface area contributed by atoms with Gasteiger partial charge in [-0.1, -0.05) is 33.6 Å². The summed E-state index contributed by atoms with van der Waals surface area (Å²) in [5.41, 5.74) is 7.85. The Balaban J connectivity index is 2.80. The molecule has 0 saturated heterocycles. The molecule has 0 radical (unpaired) electrons. The van der Waals surface area contributed by atoms with E-state index in [-0.39, 0.29) is 5.97 Å². The topological polar surface area (TPSA) is 52.3 Å². The number of hydrogen-bond donors (Lipinski definition) is 1. The molecule has 0 aliphatic heterocycles. The summed E-state index contributed by atoms with van der Waals surface area (Å²) in [5, 5.41) is 0. The van der Waals surface area contributed by atoms with Gasteiger partial charge in [-0.15, -0.1) is 0 Å². The molecule has 15 heavy (non-hydrogen) atoms. The Hall–Kier alpha value is -0.870. The molecule has 1 atom stereocenters. The van der Waals surface area contributed by atoms with Crippen LogP contribution < -0.4 is 5.73 Å². The Labute approximate surface area is 97.7 Å². The average Bonchev–Trinajstić information content (AvgIpc) is 2.22. The molecule has 1 rings (SSSR count). The second-order valence-corrected chi connectivity index (χ2v) is 4.28. The van der Waals surface area contributed by atoms with Crippen LogP contribution in [0.3, 0.4) is 0 Å². The van der Waals surface area contributed by atoms with Gasteiger partial charge in [0.05, 0.1) is 7.11 Å². The molecule has 1 unspecified atom stereocenters. The van der Waals surface area contributed by atoms with Crippen molar-refractivity contribution in [2.75, 3.05) is 7.11 Å². The first-order chi connectivity index (χ1) is 7.04. The van der Waals surface area contributed by atoms with Crippen molar-refractivity contribution in [1.82, 2.24) is 0 Å². The minimum Gasteiger partial charge on any atom is -0.468 e. The highest BCUT2D eigenvalue weighted by Crippen LogP contribution is 2.19. The predicted octanol–water partition coefficient (Wildman–Crippen LogP) is 1.80. The lowest BCUT2D eigenvalue weighted by Gasteiger charge is -2.11. The lowest BCUT2D eigenvalue weighted by molar-refractivity contribution is -0.142. The number of methoxy groups -OCH3 is 1. The van der Waals surface area contributed by atoms with Crippen molar-refractivity contribution >= 4 is 21.9 Å². The Morgan fingerprint density at radius 2 is 2.27 bits per heavy atom. The summed E-state index contributed by atoms with van der Waals surface area (Å²) in [4.78, 5) is 11.1. The van der Waals surface area contributed by atoms with Crippen LogP contribution in [0.1, 0.15) is 11.1 Å². The minimum absolute atomic E-state index is 0.386. The largest absolute Gasteiger partial charge is 0.468 e. The third-order valence-corrected chi connectivity index (χ3v) is 2.92. The number of carbonyl (C=O) groups is 1. The Morgan fingerprint density at radius 1 is 1.60 bits per heavy atom. The standard InChI is InChI=1S/C11H14BrNO2/c1-7-3-4-9(12)8(5-7)6-10(13)11(14)15-2/h3-5,10H,6,13H2,1-2H3. The van der Waals surface area contributed by atoms with Crippen molar-refractivity contribution < 1.29 is 9.53 Å². The van der Waals surface area contributed by atoms with Gasteiger partial charge in [0, 0.05) is 4.47 Å². The van der Waals surface area contributed by atoms with E-state index in [4.69, 9.17) is 5.73 Å². The lowest BCUT2D eigenvalue weighted by Crippen LogP contribution is -2.33. The molecule has 0 aliphatic carbocycles. The van der Waals surface area contributed by atoms with Crippen LogP contribution in [-0.2, 0) is 16.0 Å². The molecule has 1 aromatic carbocycles.